The maximum Gasteiger partial charge on any atom is 0.269 e. The van der Waals surface area contributed by atoms with Gasteiger partial charge in [0, 0.05) is 18.7 Å². The highest BCUT2D eigenvalue weighted by Gasteiger charge is 2.06. The lowest BCUT2D eigenvalue weighted by molar-refractivity contribution is -0.384. The third-order valence-electron chi connectivity index (χ3n) is 2.76. The van der Waals surface area contributed by atoms with Crippen molar-refractivity contribution in [2.45, 2.75) is 13.5 Å². The molecule has 0 radical (unpaired) electrons. The van der Waals surface area contributed by atoms with E-state index in [1.807, 2.05) is 25.1 Å². The van der Waals surface area contributed by atoms with Crippen molar-refractivity contribution in [2.75, 3.05) is 0 Å². The van der Waals surface area contributed by atoms with E-state index in [9.17, 15) is 10.1 Å². The lowest BCUT2D eigenvalue weighted by atomic mass is 10.1. The maximum absolute atomic E-state index is 10.6. The molecule has 0 atom stereocenters. The summed E-state index contributed by atoms with van der Waals surface area (Å²) in [7, 11) is 0. The van der Waals surface area contributed by atoms with Crippen molar-refractivity contribution in [3.8, 4) is 11.5 Å². The third-order valence-corrected chi connectivity index (χ3v) is 2.76. The molecule has 0 bridgehead atoms. The van der Waals surface area contributed by atoms with Gasteiger partial charge in [0.25, 0.3) is 5.69 Å². The molecule has 0 aliphatic rings. The van der Waals surface area contributed by atoms with E-state index in [4.69, 9.17) is 10.5 Å². The van der Waals surface area contributed by atoms with Crippen LogP contribution in [0.1, 0.15) is 11.1 Å². The highest BCUT2D eigenvalue weighted by Crippen LogP contribution is 2.27. The van der Waals surface area contributed by atoms with Gasteiger partial charge in [-0.05, 0) is 36.2 Å². The summed E-state index contributed by atoms with van der Waals surface area (Å²) in [6, 6.07) is 11.7. The van der Waals surface area contributed by atoms with Gasteiger partial charge in [-0.2, -0.15) is 0 Å². The number of nitro groups is 1. The van der Waals surface area contributed by atoms with Crippen LogP contribution in [0.25, 0.3) is 0 Å². The number of aryl methyl sites for hydroxylation is 1. The molecule has 19 heavy (non-hydrogen) atoms. The van der Waals surface area contributed by atoms with Crippen molar-refractivity contribution in [3.05, 3.63) is 63.7 Å². The Morgan fingerprint density at radius 1 is 1.21 bits per heavy atom. The second-order valence-electron chi connectivity index (χ2n) is 4.16. The quantitative estimate of drug-likeness (QED) is 0.675. The SMILES string of the molecule is Cc1ccc(CN)cc1Oc1ccc([N+](=O)[O-])cc1. The minimum atomic E-state index is -0.440. The molecule has 0 aliphatic carbocycles. The highest BCUT2D eigenvalue weighted by molar-refractivity contribution is 5.42. The summed E-state index contributed by atoms with van der Waals surface area (Å²) < 4.78 is 5.71. The minimum Gasteiger partial charge on any atom is -0.457 e. The fourth-order valence-corrected chi connectivity index (χ4v) is 1.64. The average Bonchev–Trinajstić information content (AvgIpc) is 2.42. The van der Waals surface area contributed by atoms with Gasteiger partial charge in [-0.1, -0.05) is 12.1 Å². The maximum atomic E-state index is 10.6. The Bertz CT molecular complexity index is 594. The van der Waals surface area contributed by atoms with E-state index in [0.29, 0.717) is 18.0 Å². The summed E-state index contributed by atoms with van der Waals surface area (Å²) in [5, 5.41) is 10.6. The first kappa shape index (κ1) is 13.0. The van der Waals surface area contributed by atoms with Crippen molar-refractivity contribution in [1.82, 2.24) is 0 Å². The average molecular weight is 258 g/mol. The Hall–Kier alpha value is -2.40. The summed E-state index contributed by atoms with van der Waals surface area (Å²) in [6.45, 7) is 2.37. The van der Waals surface area contributed by atoms with Crippen LogP contribution in [0.4, 0.5) is 5.69 Å². The van der Waals surface area contributed by atoms with Crippen LogP contribution in [-0.2, 0) is 6.54 Å². The molecule has 0 aromatic heterocycles. The molecule has 0 saturated carbocycles. The number of nitro benzene ring substituents is 1. The Morgan fingerprint density at radius 2 is 1.89 bits per heavy atom. The van der Waals surface area contributed by atoms with E-state index in [1.165, 1.54) is 12.1 Å². The molecule has 2 rings (SSSR count). The van der Waals surface area contributed by atoms with Crippen LogP contribution in [0.3, 0.4) is 0 Å². The van der Waals surface area contributed by atoms with E-state index >= 15 is 0 Å². The van der Waals surface area contributed by atoms with E-state index in [2.05, 4.69) is 0 Å². The number of nitrogens with zero attached hydrogens (tertiary/aromatic N) is 1. The fraction of sp³-hybridized carbons (Fsp3) is 0.143. The second kappa shape index (κ2) is 5.49. The lowest BCUT2D eigenvalue weighted by Crippen LogP contribution is -1.97. The van der Waals surface area contributed by atoms with Crippen LogP contribution in [0, 0.1) is 17.0 Å². The second-order valence-corrected chi connectivity index (χ2v) is 4.16. The Morgan fingerprint density at radius 3 is 2.47 bits per heavy atom. The number of rotatable bonds is 4. The van der Waals surface area contributed by atoms with Gasteiger partial charge in [0.05, 0.1) is 4.92 Å². The minimum absolute atomic E-state index is 0.0415. The molecular formula is C14H14N2O3. The number of non-ortho nitro benzene ring substituents is 1. The topological polar surface area (TPSA) is 78.4 Å². The molecule has 0 heterocycles. The fourth-order valence-electron chi connectivity index (χ4n) is 1.64. The van der Waals surface area contributed by atoms with Gasteiger partial charge in [0.15, 0.2) is 0 Å². The Balaban J connectivity index is 2.23. The van der Waals surface area contributed by atoms with Gasteiger partial charge in [0.1, 0.15) is 11.5 Å². The van der Waals surface area contributed by atoms with Crippen molar-refractivity contribution in [2.24, 2.45) is 5.73 Å². The summed E-state index contributed by atoms with van der Waals surface area (Å²) in [6.07, 6.45) is 0. The van der Waals surface area contributed by atoms with E-state index < -0.39 is 4.92 Å². The van der Waals surface area contributed by atoms with Crippen molar-refractivity contribution >= 4 is 5.69 Å². The first-order chi connectivity index (χ1) is 9.10. The molecule has 5 nitrogen and oxygen atoms in total. The van der Waals surface area contributed by atoms with Crippen LogP contribution in [0.15, 0.2) is 42.5 Å². The lowest BCUT2D eigenvalue weighted by Gasteiger charge is -2.10. The van der Waals surface area contributed by atoms with Crippen LogP contribution >= 0.6 is 0 Å². The molecule has 2 N–H and O–H groups in total. The van der Waals surface area contributed by atoms with Crippen LogP contribution in [0.5, 0.6) is 11.5 Å². The van der Waals surface area contributed by atoms with Crippen LogP contribution in [-0.4, -0.2) is 4.92 Å². The standard InChI is InChI=1S/C14H14N2O3/c1-10-2-3-11(9-15)8-14(10)19-13-6-4-12(5-7-13)16(17)18/h2-8H,9,15H2,1H3. The van der Waals surface area contributed by atoms with E-state index in [0.717, 1.165) is 11.1 Å². The third kappa shape index (κ3) is 3.08. The largest absolute Gasteiger partial charge is 0.457 e. The normalized spacial score (nSPS) is 10.2. The van der Waals surface area contributed by atoms with Gasteiger partial charge in [-0.3, -0.25) is 10.1 Å². The predicted molar refractivity (Wildman–Crippen MR) is 72.2 cm³/mol. The first-order valence-corrected chi connectivity index (χ1v) is 5.82. The molecule has 0 fully saturated rings. The number of ether oxygens (including phenoxy) is 1. The zero-order valence-corrected chi connectivity index (χ0v) is 10.5. The first-order valence-electron chi connectivity index (χ1n) is 5.82. The molecule has 0 aliphatic heterocycles. The zero-order chi connectivity index (χ0) is 13.8. The molecule has 2 aromatic rings. The van der Waals surface area contributed by atoms with Crippen molar-refractivity contribution in [1.29, 1.82) is 0 Å². The summed E-state index contributed by atoms with van der Waals surface area (Å²) in [5.74, 6) is 1.26. The van der Waals surface area contributed by atoms with Gasteiger partial charge in [-0.15, -0.1) is 0 Å². The smallest absolute Gasteiger partial charge is 0.269 e. The molecule has 2 aromatic carbocycles. The summed E-state index contributed by atoms with van der Waals surface area (Å²) in [5.41, 5.74) is 7.58. The Labute approximate surface area is 110 Å². The predicted octanol–water partition coefficient (Wildman–Crippen LogP) is 3.15. The number of nitrogens with two attached hydrogens (primary N) is 1. The van der Waals surface area contributed by atoms with Crippen molar-refractivity contribution < 1.29 is 9.66 Å². The molecule has 0 amide bonds. The molecule has 5 heteroatoms. The number of hydrogen-bond acceptors (Lipinski definition) is 4. The molecule has 0 saturated heterocycles. The van der Waals surface area contributed by atoms with Crippen LogP contribution in [0.2, 0.25) is 0 Å². The van der Waals surface area contributed by atoms with E-state index in [-0.39, 0.29) is 5.69 Å². The molecule has 0 spiro atoms. The zero-order valence-electron chi connectivity index (χ0n) is 10.5. The monoisotopic (exact) mass is 258 g/mol. The van der Waals surface area contributed by atoms with Gasteiger partial charge >= 0.3 is 0 Å². The summed E-state index contributed by atoms with van der Waals surface area (Å²) in [4.78, 5) is 10.1. The molecule has 98 valence electrons. The van der Waals surface area contributed by atoms with Gasteiger partial charge in [0.2, 0.25) is 0 Å². The summed E-state index contributed by atoms with van der Waals surface area (Å²) >= 11 is 0. The molecular weight excluding hydrogens is 244 g/mol. The number of benzene rings is 2. The van der Waals surface area contributed by atoms with Gasteiger partial charge in [-0.25, -0.2) is 0 Å². The Kier molecular flexibility index (Phi) is 3.77. The van der Waals surface area contributed by atoms with Crippen molar-refractivity contribution in [3.63, 3.8) is 0 Å². The van der Waals surface area contributed by atoms with E-state index in [1.54, 1.807) is 12.1 Å². The van der Waals surface area contributed by atoms with Crippen LogP contribution < -0.4 is 10.5 Å². The molecule has 0 unspecified atom stereocenters. The van der Waals surface area contributed by atoms with Gasteiger partial charge < -0.3 is 10.5 Å². The highest BCUT2D eigenvalue weighted by atomic mass is 16.6. The number of hydrogen-bond donors (Lipinski definition) is 1.